The highest BCUT2D eigenvalue weighted by Gasteiger charge is 2.24. The SMILES string of the molecule is CC(=O)N1CCc2cc(S(=O)O)c(Cl)cc21. The predicted octanol–water partition coefficient (Wildman–Crippen LogP) is 1.83. The van der Waals surface area contributed by atoms with Crippen molar-refractivity contribution in [2.45, 2.75) is 18.2 Å². The molecule has 1 N–H and O–H groups in total. The lowest BCUT2D eigenvalue weighted by Gasteiger charge is -2.15. The van der Waals surface area contributed by atoms with Crippen LogP contribution in [0.5, 0.6) is 0 Å². The molecule has 1 atom stereocenters. The number of carbonyl (C=O) groups is 1. The first-order valence-corrected chi connectivity index (χ1v) is 6.20. The van der Waals surface area contributed by atoms with Gasteiger partial charge in [0.25, 0.3) is 0 Å². The molecule has 86 valence electrons. The first-order valence-electron chi connectivity index (χ1n) is 4.72. The van der Waals surface area contributed by atoms with Crippen LogP contribution in [0, 0.1) is 0 Å². The Labute approximate surface area is 100 Å². The smallest absolute Gasteiger partial charge is 0.223 e. The minimum Gasteiger partial charge on any atom is -0.312 e. The van der Waals surface area contributed by atoms with Gasteiger partial charge in [-0.3, -0.25) is 4.79 Å². The monoisotopic (exact) mass is 259 g/mol. The second kappa shape index (κ2) is 4.16. The topological polar surface area (TPSA) is 57.6 Å². The number of benzene rings is 1. The van der Waals surface area contributed by atoms with Crippen LogP contribution >= 0.6 is 11.6 Å². The normalized spacial score (nSPS) is 16.1. The van der Waals surface area contributed by atoms with Crippen molar-refractivity contribution >= 4 is 34.3 Å². The van der Waals surface area contributed by atoms with Gasteiger partial charge in [0.05, 0.1) is 9.92 Å². The number of rotatable bonds is 1. The summed E-state index contributed by atoms with van der Waals surface area (Å²) in [7, 11) is 0. The Morgan fingerprint density at radius 3 is 2.81 bits per heavy atom. The van der Waals surface area contributed by atoms with Crippen molar-refractivity contribution in [1.29, 1.82) is 0 Å². The summed E-state index contributed by atoms with van der Waals surface area (Å²) in [6.45, 7) is 2.09. The van der Waals surface area contributed by atoms with Crippen molar-refractivity contribution in [2.75, 3.05) is 11.4 Å². The van der Waals surface area contributed by atoms with Crippen molar-refractivity contribution in [3.63, 3.8) is 0 Å². The number of hydrogen-bond donors (Lipinski definition) is 1. The predicted molar refractivity (Wildman–Crippen MR) is 62.2 cm³/mol. The second-order valence-corrected chi connectivity index (χ2v) is 4.93. The van der Waals surface area contributed by atoms with Gasteiger partial charge in [-0.15, -0.1) is 0 Å². The fourth-order valence-corrected chi connectivity index (χ4v) is 2.67. The van der Waals surface area contributed by atoms with Crippen LogP contribution in [0.4, 0.5) is 5.69 Å². The first kappa shape index (κ1) is 11.6. The molecule has 0 radical (unpaired) electrons. The molecule has 4 nitrogen and oxygen atoms in total. The number of nitrogens with zero attached hydrogens (tertiary/aromatic N) is 1. The number of fused-ring (bicyclic) bond motifs is 1. The summed E-state index contributed by atoms with van der Waals surface area (Å²) in [5.74, 6) is -0.0484. The minimum atomic E-state index is -2.09. The van der Waals surface area contributed by atoms with Gasteiger partial charge in [0, 0.05) is 19.2 Å². The number of amides is 1. The first-order chi connectivity index (χ1) is 7.50. The van der Waals surface area contributed by atoms with Crippen LogP contribution < -0.4 is 4.90 Å². The minimum absolute atomic E-state index is 0.0484. The van der Waals surface area contributed by atoms with E-state index < -0.39 is 11.1 Å². The zero-order valence-corrected chi connectivity index (χ0v) is 10.1. The molecule has 16 heavy (non-hydrogen) atoms. The highest BCUT2D eigenvalue weighted by atomic mass is 35.5. The van der Waals surface area contributed by atoms with Crippen molar-refractivity contribution < 1.29 is 13.6 Å². The second-order valence-electron chi connectivity index (χ2n) is 3.58. The molecular formula is C10H10ClNO3S. The molecular weight excluding hydrogens is 250 g/mol. The number of halogens is 1. The van der Waals surface area contributed by atoms with E-state index in [4.69, 9.17) is 16.2 Å². The van der Waals surface area contributed by atoms with Crippen LogP contribution in [-0.4, -0.2) is 21.2 Å². The standard InChI is InChI=1S/C10H10ClNO3S/c1-6(13)12-3-2-7-4-10(16(14)15)8(11)5-9(7)12/h4-5H,2-3H2,1H3,(H,14,15). The lowest BCUT2D eigenvalue weighted by atomic mass is 10.2. The maximum atomic E-state index is 11.3. The number of carbonyl (C=O) groups excluding carboxylic acids is 1. The molecule has 1 aromatic rings. The summed E-state index contributed by atoms with van der Waals surface area (Å²) in [6, 6.07) is 3.17. The molecule has 1 aliphatic rings. The molecule has 0 fully saturated rings. The molecule has 6 heteroatoms. The van der Waals surface area contributed by atoms with E-state index >= 15 is 0 Å². The Morgan fingerprint density at radius 2 is 2.25 bits per heavy atom. The van der Waals surface area contributed by atoms with E-state index in [1.165, 1.54) is 6.92 Å². The van der Waals surface area contributed by atoms with E-state index in [0.717, 1.165) is 11.3 Å². The molecule has 0 aromatic heterocycles. The molecule has 1 aromatic carbocycles. The summed E-state index contributed by atoms with van der Waals surface area (Å²) in [5, 5.41) is 0.215. The van der Waals surface area contributed by atoms with Crippen LogP contribution in [0.15, 0.2) is 17.0 Å². The van der Waals surface area contributed by atoms with Crippen LogP contribution in [0.1, 0.15) is 12.5 Å². The third-order valence-electron chi connectivity index (χ3n) is 2.60. The quantitative estimate of drug-likeness (QED) is 0.783. The van der Waals surface area contributed by atoms with Crippen molar-refractivity contribution in [3.8, 4) is 0 Å². The maximum absolute atomic E-state index is 11.3. The van der Waals surface area contributed by atoms with Gasteiger partial charge in [-0.25, -0.2) is 4.21 Å². The average Bonchev–Trinajstić information content (AvgIpc) is 2.58. The van der Waals surface area contributed by atoms with Gasteiger partial charge in [0.2, 0.25) is 5.91 Å². The molecule has 1 heterocycles. The average molecular weight is 260 g/mol. The van der Waals surface area contributed by atoms with E-state index in [9.17, 15) is 9.00 Å². The van der Waals surface area contributed by atoms with Crippen molar-refractivity contribution in [1.82, 2.24) is 0 Å². The Balaban J connectivity index is 2.52. The van der Waals surface area contributed by atoms with Gasteiger partial charge in [0.15, 0.2) is 11.1 Å². The van der Waals surface area contributed by atoms with E-state index in [1.807, 2.05) is 0 Å². The van der Waals surface area contributed by atoms with Crippen molar-refractivity contribution in [3.05, 3.63) is 22.7 Å². The van der Waals surface area contributed by atoms with Gasteiger partial charge in [-0.1, -0.05) is 11.6 Å². The third-order valence-corrected chi connectivity index (χ3v) is 3.74. The molecule has 0 saturated carbocycles. The molecule has 0 saturated heterocycles. The highest BCUT2D eigenvalue weighted by Crippen LogP contribution is 2.34. The van der Waals surface area contributed by atoms with Gasteiger partial charge >= 0.3 is 0 Å². The van der Waals surface area contributed by atoms with Crippen LogP contribution in [-0.2, 0) is 22.3 Å². The summed E-state index contributed by atoms with van der Waals surface area (Å²) >= 11 is 3.79. The zero-order valence-electron chi connectivity index (χ0n) is 8.57. The zero-order chi connectivity index (χ0) is 11.9. The molecule has 1 aliphatic heterocycles. The molecule has 0 bridgehead atoms. The molecule has 0 aliphatic carbocycles. The summed E-state index contributed by atoms with van der Waals surface area (Å²) < 4.78 is 20.0. The Bertz CT molecular complexity index is 489. The Kier molecular flexibility index (Phi) is 3.01. The van der Waals surface area contributed by atoms with E-state index in [0.29, 0.717) is 13.0 Å². The highest BCUT2D eigenvalue weighted by molar-refractivity contribution is 7.79. The van der Waals surface area contributed by atoms with E-state index in [1.54, 1.807) is 17.0 Å². The van der Waals surface area contributed by atoms with Gasteiger partial charge < -0.3 is 9.45 Å². The van der Waals surface area contributed by atoms with Crippen molar-refractivity contribution in [2.24, 2.45) is 0 Å². The van der Waals surface area contributed by atoms with E-state index in [-0.39, 0.29) is 15.8 Å². The molecule has 1 amide bonds. The third kappa shape index (κ3) is 1.86. The largest absolute Gasteiger partial charge is 0.312 e. The maximum Gasteiger partial charge on any atom is 0.223 e. The summed E-state index contributed by atoms with van der Waals surface area (Å²) in [4.78, 5) is 13.1. The summed E-state index contributed by atoms with van der Waals surface area (Å²) in [5.41, 5.74) is 1.63. The number of hydrogen-bond acceptors (Lipinski definition) is 2. The van der Waals surface area contributed by atoms with Gasteiger partial charge in [-0.05, 0) is 24.1 Å². The van der Waals surface area contributed by atoms with Gasteiger partial charge in [-0.2, -0.15) is 0 Å². The molecule has 0 spiro atoms. The fraction of sp³-hybridized carbons (Fsp3) is 0.300. The fourth-order valence-electron chi connectivity index (χ4n) is 1.85. The molecule has 1 unspecified atom stereocenters. The van der Waals surface area contributed by atoms with Crippen LogP contribution in [0.3, 0.4) is 0 Å². The number of anilines is 1. The molecule has 2 rings (SSSR count). The van der Waals surface area contributed by atoms with Crippen LogP contribution in [0.25, 0.3) is 0 Å². The summed E-state index contributed by atoms with van der Waals surface area (Å²) in [6.07, 6.45) is 0.691. The lowest BCUT2D eigenvalue weighted by Crippen LogP contribution is -2.25. The Hall–Kier alpha value is -0.910. The lowest BCUT2D eigenvalue weighted by molar-refractivity contribution is -0.116. The van der Waals surface area contributed by atoms with Gasteiger partial charge in [0.1, 0.15) is 0 Å². The Morgan fingerprint density at radius 1 is 1.56 bits per heavy atom. The van der Waals surface area contributed by atoms with E-state index in [2.05, 4.69) is 0 Å². The van der Waals surface area contributed by atoms with Crippen LogP contribution in [0.2, 0.25) is 5.02 Å².